The van der Waals surface area contributed by atoms with Gasteiger partial charge < -0.3 is 15.4 Å². The van der Waals surface area contributed by atoms with E-state index in [1.807, 2.05) is 12.1 Å². The Labute approximate surface area is 128 Å². The van der Waals surface area contributed by atoms with E-state index in [2.05, 4.69) is 15.6 Å². The van der Waals surface area contributed by atoms with Gasteiger partial charge in [-0.05, 0) is 30.7 Å². The zero-order chi connectivity index (χ0) is 15.8. The van der Waals surface area contributed by atoms with Crippen molar-refractivity contribution in [3.05, 3.63) is 60.2 Å². The molecule has 1 atom stereocenters. The Morgan fingerprint density at radius 2 is 2.18 bits per heavy atom. The second-order valence-corrected chi connectivity index (χ2v) is 4.81. The molecule has 5 nitrogen and oxygen atoms in total. The molecule has 1 heterocycles. The molecule has 0 aliphatic heterocycles. The molecule has 0 bridgehead atoms. The Kier molecular flexibility index (Phi) is 5.71. The van der Waals surface area contributed by atoms with Gasteiger partial charge in [0, 0.05) is 25.0 Å². The molecule has 2 rings (SSSR count). The molecule has 22 heavy (non-hydrogen) atoms. The smallest absolute Gasteiger partial charge is 0.315 e. The topological polar surface area (TPSA) is 63.2 Å². The van der Waals surface area contributed by atoms with Crippen LogP contribution in [0.15, 0.2) is 48.8 Å². The maximum Gasteiger partial charge on any atom is 0.315 e. The summed E-state index contributed by atoms with van der Waals surface area (Å²) in [7, 11) is 0. The largest absolute Gasteiger partial charge is 0.489 e. The zero-order valence-electron chi connectivity index (χ0n) is 12.3. The van der Waals surface area contributed by atoms with Gasteiger partial charge in [-0.2, -0.15) is 0 Å². The number of carbonyl (C=O) groups is 1. The van der Waals surface area contributed by atoms with Gasteiger partial charge in [-0.3, -0.25) is 4.98 Å². The summed E-state index contributed by atoms with van der Waals surface area (Å²) in [5, 5.41) is 5.42. The van der Waals surface area contributed by atoms with Gasteiger partial charge in [0.05, 0.1) is 6.54 Å². The quantitative estimate of drug-likeness (QED) is 0.862. The van der Waals surface area contributed by atoms with E-state index in [0.29, 0.717) is 18.8 Å². The van der Waals surface area contributed by atoms with Gasteiger partial charge in [-0.15, -0.1) is 0 Å². The molecule has 1 aromatic carbocycles. The molecule has 0 radical (unpaired) electrons. The first kappa shape index (κ1) is 15.8. The average Bonchev–Trinajstić information content (AvgIpc) is 2.52. The van der Waals surface area contributed by atoms with Gasteiger partial charge in [0.15, 0.2) is 0 Å². The first-order valence-electron chi connectivity index (χ1n) is 6.96. The van der Waals surface area contributed by atoms with Crippen LogP contribution in [0.4, 0.5) is 9.18 Å². The van der Waals surface area contributed by atoms with Crippen molar-refractivity contribution in [2.24, 2.45) is 0 Å². The number of urea groups is 1. The monoisotopic (exact) mass is 303 g/mol. The van der Waals surface area contributed by atoms with Crippen LogP contribution in [0.5, 0.6) is 5.75 Å². The van der Waals surface area contributed by atoms with E-state index in [-0.39, 0.29) is 18.0 Å². The van der Waals surface area contributed by atoms with Crippen LogP contribution in [0, 0.1) is 5.82 Å². The number of halogens is 1. The maximum atomic E-state index is 13.0. The Bertz CT molecular complexity index is 607. The number of nitrogens with zero attached hydrogens (tertiary/aromatic N) is 1. The summed E-state index contributed by atoms with van der Waals surface area (Å²) in [5.41, 5.74) is 0.918. The Hall–Kier alpha value is -2.63. The van der Waals surface area contributed by atoms with Crippen molar-refractivity contribution in [2.45, 2.75) is 19.6 Å². The van der Waals surface area contributed by atoms with E-state index in [1.165, 1.54) is 12.1 Å². The first-order valence-corrected chi connectivity index (χ1v) is 6.96. The van der Waals surface area contributed by atoms with E-state index < -0.39 is 0 Å². The number of pyridine rings is 1. The number of carbonyl (C=O) groups excluding carboxylic acids is 1. The van der Waals surface area contributed by atoms with Crippen LogP contribution in [0.2, 0.25) is 0 Å². The van der Waals surface area contributed by atoms with Crippen LogP contribution < -0.4 is 15.4 Å². The molecule has 0 saturated carbocycles. The van der Waals surface area contributed by atoms with Crippen molar-refractivity contribution in [3.63, 3.8) is 0 Å². The third kappa shape index (κ3) is 5.40. The first-order chi connectivity index (χ1) is 10.6. The van der Waals surface area contributed by atoms with Gasteiger partial charge in [0.1, 0.15) is 17.7 Å². The lowest BCUT2D eigenvalue weighted by Gasteiger charge is -2.15. The van der Waals surface area contributed by atoms with E-state index >= 15 is 0 Å². The van der Waals surface area contributed by atoms with Crippen LogP contribution in [-0.2, 0) is 6.54 Å². The Morgan fingerprint density at radius 3 is 2.91 bits per heavy atom. The Morgan fingerprint density at radius 1 is 1.32 bits per heavy atom. The van der Waals surface area contributed by atoms with Crippen molar-refractivity contribution >= 4 is 6.03 Å². The lowest BCUT2D eigenvalue weighted by molar-refractivity contribution is 0.207. The molecule has 1 aromatic heterocycles. The highest BCUT2D eigenvalue weighted by Crippen LogP contribution is 2.13. The third-order valence-electron chi connectivity index (χ3n) is 2.86. The Balaban J connectivity index is 1.69. The number of benzene rings is 1. The molecule has 0 unspecified atom stereocenters. The minimum atomic E-state index is -0.355. The number of aromatic nitrogens is 1. The predicted octanol–water partition coefficient (Wildman–Crippen LogP) is 2.49. The van der Waals surface area contributed by atoms with Crippen LogP contribution in [0.25, 0.3) is 0 Å². The number of nitrogens with one attached hydrogen (secondary N) is 2. The minimum absolute atomic E-state index is 0.272. The van der Waals surface area contributed by atoms with Crippen molar-refractivity contribution in [3.8, 4) is 5.75 Å². The molecule has 116 valence electrons. The van der Waals surface area contributed by atoms with Crippen molar-refractivity contribution in [2.75, 3.05) is 6.54 Å². The van der Waals surface area contributed by atoms with Crippen molar-refractivity contribution in [1.29, 1.82) is 0 Å². The number of amides is 2. The lowest BCUT2D eigenvalue weighted by atomic mass is 10.3. The molecule has 0 aliphatic carbocycles. The standard InChI is InChI=1S/C16H18FN3O2/c1-12(22-15-6-2-5-14(17)8-15)9-19-16(21)20-11-13-4-3-7-18-10-13/h2-8,10,12H,9,11H2,1H3,(H2,19,20,21)/t12-/m0/s1. The van der Waals surface area contributed by atoms with E-state index in [4.69, 9.17) is 4.74 Å². The predicted molar refractivity (Wildman–Crippen MR) is 81.0 cm³/mol. The van der Waals surface area contributed by atoms with Gasteiger partial charge in [-0.25, -0.2) is 9.18 Å². The number of ether oxygens (including phenoxy) is 1. The SMILES string of the molecule is C[C@@H](CNC(=O)NCc1cccnc1)Oc1cccc(F)c1. The molecule has 2 N–H and O–H groups in total. The fraction of sp³-hybridized carbons (Fsp3) is 0.250. The molecule has 0 spiro atoms. The molecule has 2 aromatic rings. The highest BCUT2D eigenvalue weighted by molar-refractivity contribution is 5.73. The summed E-state index contributed by atoms with van der Waals surface area (Å²) in [5.74, 6) is 0.0805. The molecule has 0 saturated heterocycles. The van der Waals surface area contributed by atoms with Crippen molar-refractivity contribution in [1.82, 2.24) is 15.6 Å². The lowest BCUT2D eigenvalue weighted by Crippen LogP contribution is -2.40. The van der Waals surface area contributed by atoms with Crippen LogP contribution in [-0.4, -0.2) is 23.7 Å². The van der Waals surface area contributed by atoms with Gasteiger partial charge in [0.2, 0.25) is 0 Å². The second-order valence-electron chi connectivity index (χ2n) is 4.81. The fourth-order valence-corrected chi connectivity index (χ4v) is 1.80. The summed E-state index contributed by atoms with van der Waals surface area (Å²) in [6.07, 6.45) is 3.09. The maximum absolute atomic E-state index is 13.0. The van der Waals surface area contributed by atoms with Crippen molar-refractivity contribution < 1.29 is 13.9 Å². The number of hydrogen-bond acceptors (Lipinski definition) is 3. The van der Waals surface area contributed by atoms with E-state index in [0.717, 1.165) is 5.56 Å². The molecule has 2 amide bonds. The van der Waals surface area contributed by atoms with E-state index in [1.54, 1.807) is 31.5 Å². The highest BCUT2D eigenvalue weighted by atomic mass is 19.1. The average molecular weight is 303 g/mol. The van der Waals surface area contributed by atoms with Crippen LogP contribution in [0.1, 0.15) is 12.5 Å². The summed E-state index contributed by atoms with van der Waals surface area (Å²) >= 11 is 0. The normalized spacial score (nSPS) is 11.5. The number of hydrogen-bond donors (Lipinski definition) is 2. The van der Waals surface area contributed by atoms with Crippen LogP contribution >= 0.6 is 0 Å². The van der Waals surface area contributed by atoms with Gasteiger partial charge >= 0.3 is 6.03 Å². The summed E-state index contributed by atoms with van der Waals surface area (Å²) in [6, 6.07) is 9.29. The fourth-order valence-electron chi connectivity index (χ4n) is 1.80. The summed E-state index contributed by atoms with van der Waals surface area (Å²) < 4.78 is 18.5. The molecule has 6 heteroatoms. The second kappa shape index (κ2) is 7.97. The minimum Gasteiger partial charge on any atom is -0.489 e. The molecular formula is C16H18FN3O2. The highest BCUT2D eigenvalue weighted by Gasteiger charge is 2.07. The molecular weight excluding hydrogens is 285 g/mol. The van der Waals surface area contributed by atoms with E-state index in [9.17, 15) is 9.18 Å². The summed E-state index contributed by atoms with van der Waals surface area (Å²) in [6.45, 7) is 2.51. The van der Waals surface area contributed by atoms with Gasteiger partial charge in [0.25, 0.3) is 0 Å². The third-order valence-corrected chi connectivity index (χ3v) is 2.86. The van der Waals surface area contributed by atoms with Gasteiger partial charge in [-0.1, -0.05) is 12.1 Å². The molecule has 0 aliphatic rings. The molecule has 0 fully saturated rings. The van der Waals surface area contributed by atoms with Crippen LogP contribution in [0.3, 0.4) is 0 Å². The summed E-state index contributed by atoms with van der Waals surface area (Å²) in [4.78, 5) is 15.6. The number of rotatable bonds is 6. The zero-order valence-corrected chi connectivity index (χ0v) is 12.3.